The van der Waals surface area contributed by atoms with Crippen molar-refractivity contribution in [2.45, 2.75) is 25.8 Å². The molecule has 0 bridgehead atoms. The molecule has 1 saturated heterocycles. The summed E-state index contributed by atoms with van der Waals surface area (Å²) in [7, 11) is 0. The second kappa shape index (κ2) is 7.46. The van der Waals surface area contributed by atoms with Gasteiger partial charge in [-0.25, -0.2) is 4.79 Å². The van der Waals surface area contributed by atoms with Gasteiger partial charge in [0.05, 0.1) is 6.54 Å². The van der Waals surface area contributed by atoms with Crippen molar-refractivity contribution in [1.82, 2.24) is 15.2 Å². The number of rotatable bonds is 4. The van der Waals surface area contributed by atoms with Crippen LogP contribution in [0.3, 0.4) is 0 Å². The Bertz CT molecular complexity index is 668. The number of aromatic nitrogens is 1. The van der Waals surface area contributed by atoms with Crippen LogP contribution in [-0.4, -0.2) is 29.0 Å². The highest BCUT2D eigenvalue weighted by molar-refractivity contribution is 7.09. The second-order valence-electron chi connectivity index (χ2n) is 5.93. The highest BCUT2D eigenvalue weighted by Crippen LogP contribution is 2.21. The Morgan fingerprint density at radius 1 is 1.30 bits per heavy atom. The molecule has 1 fully saturated rings. The Morgan fingerprint density at radius 2 is 2.13 bits per heavy atom. The number of hydrogen-bond acceptors (Lipinski definition) is 3. The Balaban J connectivity index is 1.43. The molecular formula is C17H21N3O2S. The maximum absolute atomic E-state index is 12.2. The molecule has 0 spiro atoms. The predicted molar refractivity (Wildman–Crippen MR) is 91.6 cm³/mol. The third-order valence-electron chi connectivity index (χ3n) is 4.27. The average molecular weight is 331 g/mol. The smallest absolute Gasteiger partial charge is 0.317 e. The number of H-pyrrole nitrogens is 1. The first kappa shape index (κ1) is 15.8. The minimum Gasteiger partial charge on any atom is -0.333 e. The van der Waals surface area contributed by atoms with Crippen molar-refractivity contribution in [2.75, 3.05) is 13.1 Å². The molecule has 3 heterocycles. The van der Waals surface area contributed by atoms with E-state index in [1.165, 1.54) is 4.88 Å². The van der Waals surface area contributed by atoms with E-state index in [4.69, 9.17) is 0 Å². The topological polar surface area (TPSA) is 65.2 Å². The quantitative estimate of drug-likeness (QED) is 0.904. The number of urea groups is 1. The number of amides is 2. The van der Waals surface area contributed by atoms with Crippen molar-refractivity contribution >= 4 is 17.4 Å². The van der Waals surface area contributed by atoms with Crippen LogP contribution in [0, 0.1) is 5.92 Å². The number of carbonyl (C=O) groups is 1. The van der Waals surface area contributed by atoms with Crippen molar-refractivity contribution < 1.29 is 4.79 Å². The van der Waals surface area contributed by atoms with Crippen LogP contribution in [0.2, 0.25) is 0 Å². The monoisotopic (exact) mass is 331 g/mol. The van der Waals surface area contributed by atoms with Gasteiger partial charge in [0.15, 0.2) is 0 Å². The van der Waals surface area contributed by atoms with Crippen LogP contribution in [0.4, 0.5) is 4.79 Å². The highest BCUT2D eigenvalue weighted by Gasteiger charge is 2.22. The van der Waals surface area contributed by atoms with Gasteiger partial charge in [0.2, 0.25) is 5.56 Å². The lowest BCUT2D eigenvalue weighted by Gasteiger charge is -2.32. The number of nitrogens with zero attached hydrogens (tertiary/aromatic N) is 1. The van der Waals surface area contributed by atoms with E-state index in [9.17, 15) is 9.59 Å². The molecule has 6 heteroatoms. The maximum Gasteiger partial charge on any atom is 0.317 e. The molecule has 2 aromatic rings. The molecule has 2 aromatic heterocycles. The summed E-state index contributed by atoms with van der Waals surface area (Å²) < 4.78 is 0. The second-order valence-corrected chi connectivity index (χ2v) is 6.97. The van der Waals surface area contributed by atoms with E-state index in [2.05, 4.69) is 10.3 Å². The molecule has 23 heavy (non-hydrogen) atoms. The van der Waals surface area contributed by atoms with Crippen LogP contribution in [0.15, 0.2) is 40.6 Å². The maximum atomic E-state index is 12.2. The first-order chi connectivity index (χ1) is 11.2. The fourth-order valence-electron chi connectivity index (χ4n) is 2.93. The normalized spacial score (nSPS) is 15.6. The molecule has 2 amide bonds. The lowest BCUT2D eigenvalue weighted by molar-refractivity contribution is 0.170. The summed E-state index contributed by atoms with van der Waals surface area (Å²) in [5, 5.41) is 5.00. The Kier molecular flexibility index (Phi) is 5.12. The molecule has 0 atom stereocenters. The zero-order chi connectivity index (χ0) is 16.1. The van der Waals surface area contributed by atoms with E-state index in [0.717, 1.165) is 37.9 Å². The van der Waals surface area contributed by atoms with Crippen molar-refractivity contribution in [3.63, 3.8) is 0 Å². The van der Waals surface area contributed by atoms with E-state index in [0.29, 0.717) is 12.5 Å². The fraction of sp³-hybridized carbons (Fsp3) is 0.412. The Labute approximate surface area is 139 Å². The van der Waals surface area contributed by atoms with Gasteiger partial charge in [-0.15, -0.1) is 11.3 Å². The molecule has 0 aromatic carbocycles. The van der Waals surface area contributed by atoms with Crippen LogP contribution >= 0.6 is 11.3 Å². The summed E-state index contributed by atoms with van der Waals surface area (Å²) in [6.45, 7) is 2.20. The summed E-state index contributed by atoms with van der Waals surface area (Å²) in [4.78, 5) is 29.0. The van der Waals surface area contributed by atoms with Crippen molar-refractivity contribution in [1.29, 1.82) is 0 Å². The molecule has 0 radical (unpaired) electrons. The zero-order valence-electron chi connectivity index (χ0n) is 13.0. The number of thiophene rings is 1. The third-order valence-corrected chi connectivity index (χ3v) is 5.15. The third kappa shape index (κ3) is 4.45. The van der Waals surface area contributed by atoms with Crippen LogP contribution in [0.1, 0.15) is 23.3 Å². The number of hydrogen-bond donors (Lipinski definition) is 2. The lowest BCUT2D eigenvalue weighted by atomic mass is 9.91. The van der Waals surface area contributed by atoms with E-state index in [1.807, 2.05) is 28.5 Å². The number of carbonyl (C=O) groups excluding carboxylic acids is 1. The number of likely N-dealkylation sites (tertiary alicyclic amines) is 1. The van der Waals surface area contributed by atoms with Gasteiger partial charge in [-0.05, 0) is 42.2 Å². The van der Waals surface area contributed by atoms with Crippen molar-refractivity contribution in [3.05, 3.63) is 56.6 Å². The first-order valence-corrected chi connectivity index (χ1v) is 8.81. The fourth-order valence-corrected chi connectivity index (χ4v) is 3.58. The summed E-state index contributed by atoms with van der Waals surface area (Å²) in [5.74, 6) is 0.572. The molecule has 1 aliphatic rings. The van der Waals surface area contributed by atoms with Gasteiger partial charge in [-0.1, -0.05) is 12.1 Å². The van der Waals surface area contributed by atoms with Crippen molar-refractivity contribution in [2.24, 2.45) is 5.92 Å². The number of nitrogens with one attached hydrogen (secondary N) is 2. The van der Waals surface area contributed by atoms with Crippen LogP contribution in [0.25, 0.3) is 0 Å². The van der Waals surface area contributed by atoms with Crippen molar-refractivity contribution in [3.8, 4) is 0 Å². The molecule has 3 rings (SSSR count). The summed E-state index contributed by atoms with van der Waals surface area (Å²) in [6.07, 6.45) is 4.76. The minimum absolute atomic E-state index is 0.0286. The molecule has 122 valence electrons. The first-order valence-electron chi connectivity index (χ1n) is 7.93. The summed E-state index contributed by atoms with van der Waals surface area (Å²) in [6, 6.07) is 7.51. The Hall–Kier alpha value is -2.08. The molecule has 0 aliphatic carbocycles. The zero-order valence-corrected chi connectivity index (χ0v) is 13.8. The average Bonchev–Trinajstić information content (AvgIpc) is 3.09. The standard InChI is InChI=1S/C17H21N3O2S/c21-16-4-3-14(11-18-16)10-13-5-7-20(8-6-13)17(22)19-12-15-2-1-9-23-15/h1-4,9,11,13H,5-8,10,12H2,(H,18,21)(H,19,22). The highest BCUT2D eigenvalue weighted by atomic mass is 32.1. The van der Waals surface area contributed by atoms with Gasteiger partial charge in [0, 0.05) is 30.2 Å². The van der Waals surface area contributed by atoms with Gasteiger partial charge >= 0.3 is 6.03 Å². The van der Waals surface area contributed by atoms with Crippen LogP contribution < -0.4 is 10.9 Å². The molecule has 2 N–H and O–H groups in total. The number of aromatic amines is 1. The van der Waals surface area contributed by atoms with E-state index >= 15 is 0 Å². The van der Waals surface area contributed by atoms with Gasteiger partial charge in [-0.2, -0.15) is 0 Å². The molecule has 0 unspecified atom stereocenters. The SMILES string of the molecule is O=C(NCc1cccs1)N1CCC(Cc2ccc(=O)[nH]c2)CC1. The van der Waals surface area contributed by atoms with Gasteiger partial charge in [0.25, 0.3) is 0 Å². The molecular weight excluding hydrogens is 310 g/mol. The molecule has 1 aliphatic heterocycles. The molecule has 0 saturated carbocycles. The summed E-state index contributed by atoms with van der Waals surface area (Å²) >= 11 is 1.66. The Morgan fingerprint density at radius 3 is 2.78 bits per heavy atom. The number of pyridine rings is 1. The summed E-state index contributed by atoms with van der Waals surface area (Å²) in [5.41, 5.74) is 1.09. The predicted octanol–water partition coefficient (Wildman–Crippen LogP) is 2.60. The lowest BCUT2D eigenvalue weighted by Crippen LogP contribution is -2.44. The van der Waals surface area contributed by atoms with E-state index in [1.54, 1.807) is 23.6 Å². The van der Waals surface area contributed by atoms with E-state index in [-0.39, 0.29) is 11.6 Å². The minimum atomic E-state index is -0.0639. The largest absolute Gasteiger partial charge is 0.333 e. The van der Waals surface area contributed by atoms with Crippen LogP contribution in [-0.2, 0) is 13.0 Å². The van der Waals surface area contributed by atoms with Gasteiger partial charge < -0.3 is 15.2 Å². The van der Waals surface area contributed by atoms with Crippen LogP contribution in [0.5, 0.6) is 0 Å². The van der Waals surface area contributed by atoms with E-state index < -0.39 is 0 Å². The number of piperidine rings is 1. The van der Waals surface area contributed by atoms with Gasteiger partial charge in [-0.3, -0.25) is 4.79 Å². The molecule has 5 nitrogen and oxygen atoms in total. The van der Waals surface area contributed by atoms with Gasteiger partial charge in [0.1, 0.15) is 0 Å².